The van der Waals surface area contributed by atoms with E-state index in [1.807, 2.05) is 12.1 Å². The third-order valence-corrected chi connectivity index (χ3v) is 7.62. The quantitative estimate of drug-likeness (QED) is 0.636. The van der Waals surface area contributed by atoms with Crippen molar-refractivity contribution in [1.82, 2.24) is 9.80 Å². The normalized spacial score (nSPS) is 19.1. The Morgan fingerprint density at radius 3 is 2.39 bits per heavy atom. The van der Waals surface area contributed by atoms with E-state index in [0.29, 0.717) is 5.91 Å². The molecule has 0 radical (unpaired) electrons. The van der Waals surface area contributed by atoms with Crippen LogP contribution in [0.4, 0.5) is 5.69 Å². The molecule has 0 bridgehead atoms. The highest BCUT2D eigenvalue weighted by Crippen LogP contribution is 2.30. The monoisotopic (exact) mass is 441 g/mol. The third kappa shape index (κ3) is 5.60. The Morgan fingerprint density at radius 2 is 1.71 bits per heavy atom. The fraction of sp³-hybridized carbons (Fsp3) is 0.560. The van der Waals surface area contributed by atoms with Crippen molar-refractivity contribution in [3.63, 3.8) is 0 Å². The van der Waals surface area contributed by atoms with Crippen molar-refractivity contribution in [3.8, 4) is 5.75 Å². The third-order valence-electron chi connectivity index (χ3n) is 6.63. The molecule has 2 fully saturated rings. The lowest BCUT2D eigenvalue weighted by Crippen LogP contribution is -2.47. The Morgan fingerprint density at radius 1 is 0.968 bits per heavy atom. The van der Waals surface area contributed by atoms with Crippen molar-refractivity contribution in [2.75, 3.05) is 57.8 Å². The van der Waals surface area contributed by atoms with Crippen molar-refractivity contribution in [1.29, 1.82) is 0 Å². The number of amides is 1. The molecule has 0 N–H and O–H groups in total. The van der Waals surface area contributed by atoms with Crippen LogP contribution in [0.2, 0.25) is 0 Å². The van der Waals surface area contributed by atoms with Gasteiger partial charge < -0.3 is 14.5 Å². The van der Waals surface area contributed by atoms with Gasteiger partial charge in [-0.25, -0.2) is 0 Å². The lowest BCUT2D eigenvalue weighted by atomic mass is 10.0. The lowest BCUT2D eigenvalue weighted by molar-refractivity contribution is -0.133. The van der Waals surface area contributed by atoms with Crippen molar-refractivity contribution in [2.45, 2.75) is 38.0 Å². The maximum absolute atomic E-state index is 13.4. The first kappa shape index (κ1) is 22.2. The van der Waals surface area contributed by atoms with E-state index in [1.54, 1.807) is 18.4 Å². The lowest BCUT2D eigenvalue weighted by Gasteiger charge is -2.37. The van der Waals surface area contributed by atoms with E-state index >= 15 is 0 Å². The molecule has 1 atom stereocenters. The number of piperazine rings is 1. The van der Waals surface area contributed by atoms with Crippen LogP contribution in [-0.4, -0.2) is 68.6 Å². The SMILES string of the molecule is COc1ccccc1N1CCN(CCC(C(=O)N2CCCCCC2)c2cccs2)CC1. The van der Waals surface area contributed by atoms with Gasteiger partial charge in [0, 0.05) is 44.1 Å². The number of likely N-dealkylation sites (tertiary alicyclic amines) is 1. The van der Waals surface area contributed by atoms with Gasteiger partial charge >= 0.3 is 0 Å². The van der Waals surface area contributed by atoms with Crippen LogP contribution in [0, 0.1) is 0 Å². The highest BCUT2D eigenvalue weighted by atomic mass is 32.1. The number of carbonyl (C=O) groups excluding carboxylic acids is 1. The number of nitrogens with zero attached hydrogens (tertiary/aromatic N) is 3. The average molecular weight is 442 g/mol. The minimum atomic E-state index is 0.00495. The molecule has 3 heterocycles. The maximum Gasteiger partial charge on any atom is 0.230 e. The zero-order valence-corrected chi connectivity index (χ0v) is 19.5. The van der Waals surface area contributed by atoms with E-state index in [1.165, 1.54) is 23.4 Å². The minimum absolute atomic E-state index is 0.00495. The number of methoxy groups -OCH3 is 1. The van der Waals surface area contributed by atoms with E-state index in [4.69, 9.17) is 4.74 Å². The minimum Gasteiger partial charge on any atom is -0.495 e. The molecule has 2 aromatic rings. The summed E-state index contributed by atoms with van der Waals surface area (Å²) in [4.78, 5) is 21.7. The summed E-state index contributed by atoms with van der Waals surface area (Å²) in [7, 11) is 1.74. The molecule has 4 rings (SSSR count). The molecule has 5 nitrogen and oxygen atoms in total. The van der Waals surface area contributed by atoms with Crippen LogP contribution in [0.1, 0.15) is 42.9 Å². The van der Waals surface area contributed by atoms with Crippen molar-refractivity contribution < 1.29 is 9.53 Å². The van der Waals surface area contributed by atoms with Gasteiger partial charge in [0.15, 0.2) is 0 Å². The van der Waals surface area contributed by atoms with Gasteiger partial charge in [-0.2, -0.15) is 0 Å². The first-order valence-corrected chi connectivity index (χ1v) is 12.6. The largest absolute Gasteiger partial charge is 0.495 e. The second kappa shape index (κ2) is 11.0. The Balaban J connectivity index is 1.34. The van der Waals surface area contributed by atoms with Gasteiger partial charge in [-0.1, -0.05) is 31.0 Å². The van der Waals surface area contributed by atoms with Crippen LogP contribution < -0.4 is 9.64 Å². The first-order valence-electron chi connectivity index (χ1n) is 11.7. The number of carbonyl (C=O) groups is 1. The number of anilines is 1. The molecule has 1 amide bonds. The summed E-state index contributed by atoms with van der Waals surface area (Å²) in [5.41, 5.74) is 1.18. The van der Waals surface area contributed by atoms with Crippen LogP contribution in [0.5, 0.6) is 5.75 Å². The molecule has 168 valence electrons. The van der Waals surface area contributed by atoms with Gasteiger partial charge in [0.2, 0.25) is 5.91 Å². The Hall–Kier alpha value is -2.05. The number of benzene rings is 1. The molecule has 0 spiro atoms. The predicted octanol–water partition coefficient (Wildman–Crippen LogP) is 4.46. The maximum atomic E-state index is 13.4. The topological polar surface area (TPSA) is 36.0 Å². The van der Waals surface area contributed by atoms with Gasteiger partial charge in [0.25, 0.3) is 0 Å². The number of ether oxygens (including phenoxy) is 1. The summed E-state index contributed by atoms with van der Waals surface area (Å²) in [6.07, 6.45) is 5.71. The smallest absolute Gasteiger partial charge is 0.230 e. The molecule has 2 aliphatic rings. The molecular weight excluding hydrogens is 406 g/mol. The zero-order valence-electron chi connectivity index (χ0n) is 18.7. The first-order chi connectivity index (χ1) is 15.3. The summed E-state index contributed by atoms with van der Waals surface area (Å²) >= 11 is 1.73. The Kier molecular flexibility index (Phi) is 7.86. The second-order valence-corrected chi connectivity index (χ2v) is 9.58. The summed E-state index contributed by atoms with van der Waals surface area (Å²) < 4.78 is 5.54. The van der Waals surface area contributed by atoms with E-state index in [2.05, 4.69) is 44.3 Å². The van der Waals surface area contributed by atoms with Crippen LogP contribution in [0.3, 0.4) is 0 Å². The van der Waals surface area contributed by atoms with Gasteiger partial charge in [-0.05, 0) is 49.4 Å². The fourth-order valence-corrected chi connectivity index (χ4v) is 5.66. The van der Waals surface area contributed by atoms with Crippen LogP contribution in [-0.2, 0) is 4.79 Å². The zero-order chi connectivity index (χ0) is 21.5. The van der Waals surface area contributed by atoms with E-state index in [0.717, 1.165) is 70.8 Å². The van der Waals surface area contributed by atoms with Crippen LogP contribution in [0.15, 0.2) is 41.8 Å². The number of thiophene rings is 1. The molecule has 0 saturated carbocycles. The molecule has 1 aromatic carbocycles. The van der Waals surface area contributed by atoms with Crippen molar-refractivity contribution in [2.24, 2.45) is 0 Å². The van der Waals surface area contributed by atoms with Gasteiger partial charge in [0.05, 0.1) is 18.7 Å². The van der Waals surface area contributed by atoms with Gasteiger partial charge in [0.1, 0.15) is 5.75 Å². The molecule has 0 aliphatic carbocycles. The summed E-state index contributed by atoms with van der Waals surface area (Å²) in [6, 6.07) is 12.5. The van der Waals surface area contributed by atoms with Gasteiger partial charge in [-0.15, -0.1) is 11.3 Å². The van der Waals surface area contributed by atoms with Crippen LogP contribution >= 0.6 is 11.3 Å². The van der Waals surface area contributed by atoms with E-state index in [9.17, 15) is 4.79 Å². The highest BCUT2D eigenvalue weighted by Gasteiger charge is 2.28. The molecule has 1 aromatic heterocycles. The Labute approximate surface area is 190 Å². The fourth-order valence-electron chi connectivity index (χ4n) is 4.80. The molecule has 31 heavy (non-hydrogen) atoms. The van der Waals surface area contributed by atoms with E-state index in [-0.39, 0.29) is 5.92 Å². The second-order valence-electron chi connectivity index (χ2n) is 8.60. The van der Waals surface area contributed by atoms with Crippen molar-refractivity contribution >= 4 is 22.9 Å². The highest BCUT2D eigenvalue weighted by molar-refractivity contribution is 7.10. The predicted molar refractivity (Wildman–Crippen MR) is 128 cm³/mol. The molecular formula is C25H35N3O2S. The standard InChI is InChI=1S/C25H35N3O2S/c1-30-23-10-5-4-9-22(23)27-18-16-26(17-19-27)15-12-21(24-11-8-20-31-24)25(29)28-13-6-2-3-7-14-28/h4-5,8-11,20-21H,2-3,6-7,12-19H2,1H3. The van der Waals surface area contributed by atoms with Crippen molar-refractivity contribution in [3.05, 3.63) is 46.7 Å². The molecule has 2 saturated heterocycles. The number of hydrogen-bond acceptors (Lipinski definition) is 5. The van der Waals surface area contributed by atoms with E-state index < -0.39 is 0 Å². The summed E-state index contributed by atoms with van der Waals surface area (Å²) in [6.45, 7) is 6.85. The number of hydrogen-bond donors (Lipinski definition) is 0. The average Bonchev–Trinajstić information content (AvgIpc) is 3.21. The number of rotatable bonds is 7. The Bertz CT molecular complexity index is 810. The molecule has 2 aliphatic heterocycles. The van der Waals surface area contributed by atoms with Crippen LogP contribution in [0.25, 0.3) is 0 Å². The van der Waals surface area contributed by atoms with Gasteiger partial charge in [-0.3, -0.25) is 9.69 Å². The number of para-hydroxylation sites is 2. The summed E-state index contributed by atoms with van der Waals surface area (Å²) in [5.74, 6) is 1.29. The summed E-state index contributed by atoms with van der Waals surface area (Å²) in [5, 5.41) is 2.10. The molecule has 1 unspecified atom stereocenters. The molecule has 6 heteroatoms.